The van der Waals surface area contributed by atoms with Gasteiger partial charge in [-0.25, -0.2) is 4.90 Å². The molecule has 0 saturated heterocycles. The number of rotatable bonds is 5. The first-order valence-electron chi connectivity index (χ1n) is 10.8. The molecule has 0 fully saturated rings. The zero-order valence-electron chi connectivity index (χ0n) is 18.6. The van der Waals surface area contributed by atoms with E-state index in [-0.39, 0.29) is 17.0 Å². The van der Waals surface area contributed by atoms with Crippen LogP contribution in [0.3, 0.4) is 0 Å². The predicted molar refractivity (Wildman–Crippen MR) is 128 cm³/mol. The van der Waals surface area contributed by atoms with E-state index in [1.165, 1.54) is 31.4 Å². The summed E-state index contributed by atoms with van der Waals surface area (Å²) in [6, 6.07) is 18.8. The number of imide groups is 1. The van der Waals surface area contributed by atoms with Crippen LogP contribution in [0.5, 0.6) is 5.75 Å². The van der Waals surface area contributed by atoms with Crippen molar-refractivity contribution in [3.05, 3.63) is 99.2 Å². The Bertz CT molecular complexity index is 1380. The molecule has 0 unspecified atom stereocenters. The van der Waals surface area contributed by atoms with Crippen molar-refractivity contribution < 1.29 is 19.2 Å². The van der Waals surface area contributed by atoms with Crippen molar-refractivity contribution in [2.45, 2.75) is 13.3 Å². The number of anilines is 2. The van der Waals surface area contributed by atoms with Crippen molar-refractivity contribution in [1.82, 2.24) is 0 Å². The smallest absolute Gasteiger partial charge is 0.282 e. The van der Waals surface area contributed by atoms with Gasteiger partial charge in [0.15, 0.2) is 0 Å². The van der Waals surface area contributed by atoms with Gasteiger partial charge in [-0.3, -0.25) is 19.7 Å². The molecule has 0 saturated carbocycles. The van der Waals surface area contributed by atoms with Crippen molar-refractivity contribution in [3.63, 3.8) is 0 Å². The first kappa shape index (κ1) is 21.4. The summed E-state index contributed by atoms with van der Waals surface area (Å²) in [5.74, 6) is -0.556. The maximum atomic E-state index is 13.9. The summed E-state index contributed by atoms with van der Waals surface area (Å²) < 4.78 is 5.46. The van der Waals surface area contributed by atoms with Crippen molar-refractivity contribution in [3.8, 4) is 5.75 Å². The monoisotopic (exact) mass is 455 g/mol. The fraction of sp³-hybridized carbons (Fsp3) is 0.154. The highest BCUT2D eigenvalue weighted by Crippen LogP contribution is 2.42. The third-order valence-corrected chi connectivity index (χ3v) is 6.16. The van der Waals surface area contributed by atoms with Gasteiger partial charge in [-0.1, -0.05) is 24.3 Å². The molecule has 0 aromatic heterocycles. The molecule has 8 heteroatoms. The van der Waals surface area contributed by atoms with Crippen LogP contribution >= 0.6 is 0 Å². The van der Waals surface area contributed by atoms with E-state index in [0.29, 0.717) is 23.5 Å². The van der Waals surface area contributed by atoms with E-state index >= 15 is 0 Å². The number of nitro benzene ring substituents is 1. The van der Waals surface area contributed by atoms with Crippen LogP contribution < -0.4 is 14.5 Å². The highest BCUT2D eigenvalue weighted by Gasteiger charge is 2.45. The second kappa shape index (κ2) is 8.15. The lowest BCUT2D eigenvalue weighted by molar-refractivity contribution is -0.384. The molecule has 5 rings (SSSR count). The van der Waals surface area contributed by atoms with E-state index in [0.717, 1.165) is 28.1 Å². The number of methoxy groups -OCH3 is 1. The van der Waals surface area contributed by atoms with Gasteiger partial charge in [-0.2, -0.15) is 0 Å². The third-order valence-electron chi connectivity index (χ3n) is 6.16. The third kappa shape index (κ3) is 3.31. The van der Waals surface area contributed by atoms with E-state index in [1.807, 2.05) is 42.2 Å². The number of carbonyl (C=O) groups excluding carboxylic acids is 2. The molecule has 2 amide bonds. The topological polar surface area (TPSA) is 93.0 Å². The van der Waals surface area contributed by atoms with E-state index in [9.17, 15) is 19.7 Å². The minimum Gasteiger partial charge on any atom is -0.495 e. The molecule has 0 N–H and O–H groups in total. The van der Waals surface area contributed by atoms with Gasteiger partial charge < -0.3 is 9.64 Å². The van der Waals surface area contributed by atoms with Gasteiger partial charge in [-0.15, -0.1) is 0 Å². The van der Waals surface area contributed by atoms with Crippen LogP contribution in [-0.2, 0) is 16.0 Å². The van der Waals surface area contributed by atoms with Gasteiger partial charge >= 0.3 is 0 Å². The number of para-hydroxylation sites is 1. The number of benzene rings is 3. The van der Waals surface area contributed by atoms with Crippen molar-refractivity contribution in [1.29, 1.82) is 0 Å². The Morgan fingerprint density at radius 2 is 1.68 bits per heavy atom. The molecule has 2 aliphatic heterocycles. The van der Waals surface area contributed by atoms with Gasteiger partial charge in [0, 0.05) is 24.4 Å². The van der Waals surface area contributed by atoms with Crippen LogP contribution in [0, 0.1) is 17.0 Å². The predicted octanol–water partition coefficient (Wildman–Crippen LogP) is 4.26. The zero-order chi connectivity index (χ0) is 24.0. The number of amides is 2. The number of fused-ring (bicyclic) bond motifs is 1. The van der Waals surface area contributed by atoms with Gasteiger partial charge in [0.05, 0.1) is 23.3 Å². The number of aryl methyl sites for hydroxylation is 1. The lowest BCUT2D eigenvalue weighted by Crippen LogP contribution is -2.35. The van der Waals surface area contributed by atoms with E-state index in [4.69, 9.17) is 4.74 Å². The first-order chi connectivity index (χ1) is 16.4. The molecule has 0 spiro atoms. The Labute approximate surface area is 195 Å². The van der Waals surface area contributed by atoms with Gasteiger partial charge in [0.2, 0.25) is 0 Å². The highest BCUT2D eigenvalue weighted by molar-refractivity contribution is 6.46. The van der Waals surface area contributed by atoms with Crippen molar-refractivity contribution >= 4 is 34.4 Å². The van der Waals surface area contributed by atoms with Crippen LogP contribution in [-0.4, -0.2) is 30.4 Å². The fourth-order valence-corrected chi connectivity index (χ4v) is 4.54. The number of non-ortho nitro benzene ring substituents is 1. The molecule has 0 aliphatic carbocycles. The van der Waals surface area contributed by atoms with Crippen LogP contribution in [0.15, 0.2) is 72.4 Å². The number of hydrogen-bond acceptors (Lipinski definition) is 6. The zero-order valence-corrected chi connectivity index (χ0v) is 18.6. The van der Waals surface area contributed by atoms with E-state index in [1.54, 1.807) is 12.1 Å². The average molecular weight is 455 g/mol. The Morgan fingerprint density at radius 1 is 0.941 bits per heavy atom. The molecule has 3 aromatic carbocycles. The molecule has 8 nitrogen and oxygen atoms in total. The molecule has 0 radical (unpaired) electrons. The number of ether oxygens (including phenoxy) is 1. The molecule has 2 heterocycles. The van der Waals surface area contributed by atoms with Crippen LogP contribution in [0.2, 0.25) is 0 Å². The number of hydrogen-bond donors (Lipinski definition) is 0. The molecular formula is C26H21N3O5. The quantitative estimate of drug-likeness (QED) is 0.324. The summed E-state index contributed by atoms with van der Waals surface area (Å²) in [4.78, 5) is 41.4. The molecule has 3 aromatic rings. The van der Waals surface area contributed by atoms with Crippen LogP contribution in [0.25, 0.3) is 5.57 Å². The van der Waals surface area contributed by atoms with E-state index in [2.05, 4.69) is 0 Å². The summed E-state index contributed by atoms with van der Waals surface area (Å²) in [6.45, 7) is 2.42. The SMILES string of the molecule is COc1ccc(C)cc1N1C(=O)C(c2ccc([N+](=O)[O-])cc2)=C(N2CCc3ccccc32)C1=O. The number of carbonyl (C=O) groups is 2. The normalized spacial score (nSPS) is 15.2. The van der Waals surface area contributed by atoms with Gasteiger partial charge in [0.1, 0.15) is 11.4 Å². The maximum Gasteiger partial charge on any atom is 0.282 e. The summed E-state index contributed by atoms with van der Waals surface area (Å²) in [7, 11) is 1.49. The van der Waals surface area contributed by atoms with Crippen molar-refractivity contribution in [2.75, 3.05) is 23.5 Å². The summed E-state index contributed by atoms with van der Waals surface area (Å²) in [5.41, 5.74) is 4.00. The Morgan fingerprint density at radius 3 is 2.38 bits per heavy atom. The second-order valence-electron chi connectivity index (χ2n) is 8.18. The summed E-state index contributed by atoms with van der Waals surface area (Å²) in [6.07, 6.45) is 0.739. The molecular weight excluding hydrogens is 434 g/mol. The molecule has 0 atom stereocenters. The van der Waals surface area contributed by atoms with Gasteiger partial charge in [-0.05, 0) is 60.4 Å². The minimum atomic E-state index is -0.499. The largest absolute Gasteiger partial charge is 0.495 e. The Kier molecular flexibility index (Phi) is 5.13. The maximum absolute atomic E-state index is 13.9. The molecule has 2 aliphatic rings. The lowest BCUT2D eigenvalue weighted by atomic mass is 10.0. The van der Waals surface area contributed by atoms with Crippen LogP contribution in [0.1, 0.15) is 16.7 Å². The lowest BCUT2D eigenvalue weighted by Gasteiger charge is -2.22. The summed E-state index contributed by atoms with van der Waals surface area (Å²) in [5, 5.41) is 11.1. The minimum absolute atomic E-state index is 0.0913. The fourth-order valence-electron chi connectivity index (χ4n) is 4.54. The first-order valence-corrected chi connectivity index (χ1v) is 10.8. The standard InChI is InChI=1S/C26H21N3O5/c1-16-7-12-22(34-2)21(15-16)28-25(30)23(18-8-10-19(11-9-18)29(32)33)24(26(28)31)27-14-13-17-5-3-4-6-20(17)27/h3-12,15H,13-14H2,1-2H3. The molecule has 170 valence electrons. The Balaban J connectivity index is 1.70. The highest BCUT2D eigenvalue weighted by atomic mass is 16.6. The van der Waals surface area contributed by atoms with Crippen molar-refractivity contribution in [2.24, 2.45) is 0 Å². The average Bonchev–Trinajstić information content (AvgIpc) is 3.36. The molecule has 34 heavy (non-hydrogen) atoms. The van der Waals surface area contributed by atoms with E-state index < -0.39 is 16.7 Å². The van der Waals surface area contributed by atoms with Crippen LogP contribution in [0.4, 0.5) is 17.1 Å². The second-order valence-corrected chi connectivity index (χ2v) is 8.18. The molecule has 0 bridgehead atoms. The Hall–Kier alpha value is -4.46. The number of nitrogens with zero attached hydrogens (tertiary/aromatic N) is 3. The number of nitro groups is 1. The van der Waals surface area contributed by atoms with Gasteiger partial charge in [0.25, 0.3) is 17.5 Å². The summed E-state index contributed by atoms with van der Waals surface area (Å²) >= 11 is 0.